The molecule has 0 fully saturated rings. The summed E-state index contributed by atoms with van der Waals surface area (Å²) in [6.45, 7) is 11.1. The second kappa shape index (κ2) is 6.80. The van der Waals surface area contributed by atoms with E-state index in [1.54, 1.807) is 32.2 Å². The van der Waals surface area contributed by atoms with Crippen molar-refractivity contribution >= 4 is 22.7 Å². The Balaban J connectivity index is 2.06. The number of imidazole rings is 2. The van der Waals surface area contributed by atoms with Crippen LogP contribution in [0.25, 0.3) is 22.6 Å². The van der Waals surface area contributed by atoms with Gasteiger partial charge in [-0.3, -0.25) is 27.7 Å². The maximum absolute atomic E-state index is 13.3. The quantitative estimate of drug-likeness (QED) is 0.509. The predicted molar refractivity (Wildman–Crippen MR) is 120 cm³/mol. The second-order valence-electron chi connectivity index (χ2n) is 9.19. The fourth-order valence-electron chi connectivity index (χ4n) is 3.81. The number of fused-ring (bicyclic) bond motifs is 3. The summed E-state index contributed by atoms with van der Waals surface area (Å²) < 4.78 is 6.04. The molecular weight excluding hydrogens is 394 g/mol. The first-order valence-electron chi connectivity index (χ1n) is 10.2. The molecule has 0 spiro atoms. The molecule has 0 aliphatic heterocycles. The highest BCUT2D eigenvalue weighted by molar-refractivity contribution is 5.84. The molecule has 0 aliphatic rings. The van der Waals surface area contributed by atoms with Gasteiger partial charge in [-0.15, -0.1) is 0 Å². The van der Waals surface area contributed by atoms with Crippen molar-refractivity contribution in [3.8, 4) is 5.69 Å². The molecule has 8 heteroatoms. The molecule has 0 atom stereocenters. The van der Waals surface area contributed by atoms with Crippen LogP contribution < -0.4 is 11.2 Å². The van der Waals surface area contributed by atoms with E-state index in [4.69, 9.17) is 0 Å². The summed E-state index contributed by atoms with van der Waals surface area (Å²) in [5, 5.41) is 0. The maximum atomic E-state index is 13.3. The van der Waals surface area contributed by atoms with Crippen LogP contribution in [-0.2, 0) is 18.4 Å². The largest absolute Gasteiger partial charge is 0.332 e. The van der Waals surface area contributed by atoms with Crippen molar-refractivity contribution in [1.82, 2.24) is 23.1 Å². The zero-order chi connectivity index (χ0) is 22.8. The molecule has 0 radical (unpaired) electrons. The van der Waals surface area contributed by atoms with Crippen molar-refractivity contribution in [1.29, 1.82) is 0 Å². The van der Waals surface area contributed by atoms with Gasteiger partial charge in [0.2, 0.25) is 5.78 Å². The summed E-state index contributed by atoms with van der Waals surface area (Å²) >= 11 is 0. The molecule has 3 aromatic heterocycles. The maximum Gasteiger partial charge on any atom is 0.332 e. The number of ketones is 1. The summed E-state index contributed by atoms with van der Waals surface area (Å²) in [5.41, 5.74) is 2.99. The van der Waals surface area contributed by atoms with Gasteiger partial charge in [0, 0.05) is 24.4 Å². The summed E-state index contributed by atoms with van der Waals surface area (Å²) in [7, 11) is 1.57. The first-order valence-corrected chi connectivity index (χ1v) is 10.2. The molecule has 3 heterocycles. The van der Waals surface area contributed by atoms with Crippen LogP contribution in [0.4, 0.5) is 0 Å². The van der Waals surface area contributed by atoms with Crippen LogP contribution >= 0.6 is 0 Å². The van der Waals surface area contributed by atoms with E-state index < -0.39 is 16.7 Å². The molecule has 4 aromatic rings. The lowest BCUT2D eigenvalue weighted by Crippen LogP contribution is -2.42. The molecule has 0 amide bonds. The van der Waals surface area contributed by atoms with Crippen molar-refractivity contribution in [3.63, 3.8) is 0 Å². The Labute approximate surface area is 179 Å². The molecule has 0 bridgehead atoms. The molecule has 1 aromatic carbocycles. The number of carbonyl (C=O) groups excluding carboxylic acids is 1. The Morgan fingerprint density at radius 2 is 1.77 bits per heavy atom. The van der Waals surface area contributed by atoms with E-state index >= 15 is 0 Å². The molecule has 162 valence electrons. The first kappa shape index (κ1) is 20.8. The van der Waals surface area contributed by atoms with Crippen LogP contribution in [0.1, 0.15) is 37.6 Å². The second-order valence-corrected chi connectivity index (χ2v) is 9.19. The van der Waals surface area contributed by atoms with E-state index in [9.17, 15) is 14.4 Å². The third kappa shape index (κ3) is 3.05. The van der Waals surface area contributed by atoms with Gasteiger partial charge in [-0.25, -0.2) is 4.79 Å². The number of benzene rings is 1. The zero-order valence-electron chi connectivity index (χ0n) is 19.0. The smallest absolute Gasteiger partial charge is 0.297 e. The number of rotatable bonds is 3. The summed E-state index contributed by atoms with van der Waals surface area (Å²) in [6.07, 6.45) is 1.84. The molecule has 0 saturated carbocycles. The number of aryl methyl sites for hydroxylation is 3. The lowest BCUT2D eigenvalue weighted by molar-refractivity contribution is -0.127. The Morgan fingerprint density at radius 1 is 1.10 bits per heavy atom. The van der Waals surface area contributed by atoms with Gasteiger partial charge in [-0.2, -0.15) is 4.98 Å². The Hall–Kier alpha value is -3.42. The summed E-state index contributed by atoms with van der Waals surface area (Å²) in [6, 6.07) is 6.04. The van der Waals surface area contributed by atoms with Crippen LogP contribution in [0.15, 0.2) is 34.0 Å². The number of Topliss-reactive ketones (excluding diaryl/α,β-unsaturated/α-hetero) is 1. The van der Waals surface area contributed by atoms with Gasteiger partial charge in [-0.1, -0.05) is 32.9 Å². The Kier molecular flexibility index (Phi) is 4.57. The van der Waals surface area contributed by atoms with E-state index in [-0.39, 0.29) is 17.8 Å². The Bertz CT molecular complexity index is 1490. The fourth-order valence-corrected chi connectivity index (χ4v) is 3.81. The van der Waals surface area contributed by atoms with E-state index in [1.165, 1.54) is 4.57 Å². The van der Waals surface area contributed by atoms with Gasteiger partial charge < -0.3 is 0 Å². The van der Waals surface area contributed by atoms with Crippen LogP contribution in [0, 0.1) is 26.2 Å². The number of hydrogen-bond acceptors (Lipinski definition) is 4. The van der Waals surface area contributed by atoms with Crippen LogP contribution in [0.3, 0.4) is 0 Å². The van der Waals surface area contributed by atoms with Gasteiger partial charge in [0.05, 0.1) is 12.2 Å². The van der Waals surface area contributed by atoms with Crippen LogP contribution in [-0.4, -0.2) is 28.9 Å². The van der Waals surface area contributed by atoms with Crippen molar-refractivity contribution in [2.24, 2.45) is 12.5 Å². The highest BCUT2D eigenvalue weighted by Crippen LogP contribution is 2.24. The van der Waals surface area contributed by atoms with Crippen molar-refractivity contribution < 1.29 is 4.79 Å². The van der Waals surface area contributed by atoms with E-state index in [0.717, 1.165) is 27.1 Å². The highest BCUT2D eigenvalue weighted by atomic mass is 16.2. The standard InChI is InChI=1S/C23H27N5O3/c1-13-9-8-10-16(15(13)3)28-14(2)11-26-18-19(24-21(26)28)25(7)22(31)27(20(18)30)12-17(29)23(4,5)6/h8-11H,12H2,1-7H3. The fraction of sp³-hybridized carbons (Fsp3) is 0.391. The summed E-state index contributed by atoms with van der Waals surface area (Å²) in [5.74, 6) is 0.365. The number of carbonyl (C=O) groups is 1. The minimum absolute atomic E-state index is 0.184. The minimum atomic E-state index is -0.658. The predicted octanol–water partition coefficient (Wildman–Crippen LogP) is 2.68. The Morgan fingerprint density at radius 3 is 2.42 bits per heavy atom. The molecule has 0 N–H and O–H groups in total. The summed E-state index contributed by atoms with van der Waals surface area (Å²) in [4.78, 5) is 43.5. The van der Waals surface area contributed by atoms with Crippen molar-refractivity contribution in [3.05, 3.63) is 62.1 Å². The van der Waals surface area contributed by atoms with Crippen LogP contribution in [0.5, 0.6) is 0 Å². The van der Waals surface area contributed by atoms with Crippen LogP contribution in [0.2, 0.25) is 0 Å². The molecular formula is C23H27N5O3. The lowest BCUT2D eigenvalue weighted by atomic mass is 9.91. The molecule has 0 saturated heterocycles. The number of hydrogen-bond donors (Lipinski definition) is 0. The first-order chi connectivity index (χ1) is 14.4. The SMILES string of the molecule is Cc1cccc(-n2c(C)cn3c4c(=O)n(CC(=O)C(C)(C)C)c(=O)n(C)c4nc23)c1C. The van der Waals surface area contributed by atoms with E-state index in [1.807, 2.05) is 49.7 Å². The minimum Gasteiger partial charge on any atom is -0.297 e. The van der Waals surface area contributed by atoms with E-state index in [0.29, 0.717) is 11.4 Å². The van der Waals surface area contributed by atoms with E-state index in [2.05, 4.69) is 4.98 Å². The number of nitrogens with zero attached hydrogens (tertiary/aromatic N) is 5. The normalized spacial score (nSPS) is 12.2. The molecule has 8 nitrogen and oxygen atoms in total. The van der Waals surface area contributed by atoms with Gasteiger partial charge >= 0.3 is 5.69 Å². The molecule has 31 heavy (non-hydrogen) atoms. The molecule has 4 rings (SSSR count). The van der Waals surface area contributed by atoms with Crippen molar-refractivity contribution in [2.75, 3.05) is 0 Å². The van der Waals surface area contributed by atoms with Gasteiger partial charge in [-0.05, 0) is 38.0 Å². The zero-order valence-corrected chi connectivity index (χ0v) is 19.0. The monoisotopic (exact) mass is 421 g/mol. The highest BCUT2D eigenvalue weighted by Gasteiger charge is 2.26. The van der Waals surface area contributed by atoms with Gasteiger partial charge in [0.25, 0.3) is 5.56 Å². The van der Waals surface area contributed by atoms with Crippen molar-refractivity contribution in [2.45, 2.75) is 48.1 Å². The lowest BCUT2D eigenvalue weighted by Gasteiger charge is -2.17. The van der Waals surface area contributed by atoms with Gasteiger partial charge in [0.1, 0.15) is 0 Å². The molecule has 0 aliphatic carbocycles. The topological polar surface area (TPSA) is 83.3 Å². The average molecular weight is 422 g/mol. The third-order valence-electron chi connectivity index (χ3n) is 5.98. The average Bonchev–Trinajstić information content (AvgIpc) is 3.19. The molecule has 0 unspecified atom stereocenters. The van der Waals surface area contributed by atoms with Gasteiger partial charge in [0.15, 0.2) is 16.9 Å². The third-order valence-corrected chi connectivity index (χ3v) is 5.98. The number of aromatic nitrogens is 5.